The molecule has 5 aliphatic rings. The van der Waals surface area contributed by atoms with Gasteiger partial charge in [-0.2, -0.15) is 0 Å². The van der Waals surface area contributed by atoms with Gasteiger partial charge in [0, 0.05) is 16.6 Å². The first-order valence-corrected chi connectivity index (χ1v) is 17.5. The van der Waals surface area contributed by atoms with Gasteiger partial charge in [0.2, 0.25) is 0 Å². The van der Waals surface area contributed by atoms with Crippen LogP contribution in [0.4, 0.5) is 5.69 Å². The molecule has 1 unspecified atom stereocenters. The van der Waals surface area contributed by atoms with E-state index in [1.807, 2.05) is 6.07 Å². The summed E-state index contributed by atoms with van der Waals surface area (Å²) in [6.07, 6.45) is 14.4. The lowest BCUT2D eigenvalue weighted by atomic mass is 9.70. The molecule has 11 rings (SSSR count). The minimum Gasteiger partial charge on any atom is -0.478 e. The summed E-state index contributed by atoms with van der Waals surface area (Å²) in [5, 5.41) is 2.42. The standard InChI is InChI=1S/C47H31NO2/c1-2-16-31(17-3-1)48(41-25-12-15-30-14-4-5-18-32(30)41)42-26-13-27-43-46(42)50-44-28-36-35-21-8-11-24-39(35)47(40(36)29-45(44)49-43)37-22-9-6-19-33(37)34-20-7-10-23-38(34)47/h1-2,4-7,9-16,18-20,22-29,43,46H,3,17H2/t43-,46?/m1/s1. The number of rotatable bonds is 3. The Morgan fingerprint density at radius 2 is 1.46 bits per heavy atom. The van der Waals surface area contributed by atoms with Crippen molar-refractivity contribution in [3.8, 4) is 33.8 Å². The fourth-order valence-corrected chi connectivity index (χ4v) is 9.12. The van der Waals surface area contributed by atoms with E-state index in [9.17, 15) is 0 Å². The molecular formula is C47H31NO2. The summed E-state index contributed by atoms with van der Waals surface area (Å²) in [5.41, 5.74) is 12.7. The van der Waals surface area contributed by atoms with Crippen LogP contribution in [0.15, 0.2) is 163 Å². The normalized spacial score (nSPS) is 19.4. The van der Waals surface area contributed by atoms with Crippen LogP contribution in [0, 0.1) is 12.1 Å². The topological polar surface area (TPSA) is 21.7 Å². The van der Waals surface area contributed by atoms with Gasteiger partial charge >= 0.3 is 0 Å². The van der Waals surface area contributed by atoms with Crippen molar-refractivity contribution in [2.75, 3.05) is 4.90 Å². The molecule has 3 nitrogen and oxygen atoms in total. The van der Waals surface area contributed by atoms with E-state index in [1.54, 1.807) is 0 Å². The second kappa shape index (κ2) is 10.4. The van der Waals surface area contributed by atoms with Crippen LogP contribution >= 0.6 is 0 Å². The van der Waals surface area contributed by atoms with Gasteiger partial charge in [0.05, 0.1) is 16.8 Å². The molecule has 0 saturated heterocycles. The molecule has 0 amide bonds. The van der Waals surface area contributed by atoms with E-state index in [1.165, 1.54) is 49.9 Å². The Kier molecular flexibility index (Phi) is 5.75. The van der Waals surface area contributed by atoms with Crippen LogP contribution in [0.25, 0.3) is 33.0 Å². The van der Waals surface area contributed by atoms with E-state index in [0.29, 0.717) is 0 Å². The number of benzene rings is 5. The number of allylic oxidation sites excluding steroid dienone is 6. The molecule has 1 spiro atoms. The highest BCUT2D eigenvalue weighted by Gasteiger charge is 2.53. The molecule has 1 aliphatic heterocycles. The van der Waals surface area contributed by atoms with Crippen LogP contribution in [0.3, 0.4) is 0 Å². The molecular weight excluding hydrogens is 611 g/mol. The molecule has 6 aromatic carbocycles. The van der Waals surface area contributed by atoms with Gasteiger partial charge in [0.15, 0.2) is 23.7 Å². The third kappa shape index (κ3) is 3.66. The molecule has 0 fully saturated rings. The van der Waals surface area contributed by atoms with Crippen molar-refractivity contribution in [3.05, 3.63) is 197 Å². The van der Waals surface area contributed by atoms with Gasteiger partial charge in [-0.05, 0) is 106 Å². The van der Waals surface area contributed by atoms with Gasteiger partial charge in [-0.1, -0.05) is 115 Å². The molecule has 6 aromatic rings. The number of hydrogen-bond donors (Lipinski definition) is 0. The Morgan fingerprint density at radius 3 is 2.30 bits per heavy atom. The van der Waals surface area contributed by atoms with Crippen LogP contribution in [-0.4, -0.2) is 12.2 Å². The predicted octanol–water partition coefficient (Wildman–Crippen LogP) is 10.5. The molecule has 0 bridgehead atoms. The van der Waals surface area contributed by atoms with Crippen LogP contribution in [0.5, 0.6) is 11.5 Å². The number of ether oxygens (including phenoxy) is 2. The molecule has 4 aliphatic carbocycles. The van der Waals surface area contributed by atoms with Crippen LogP contribution in [0.1, 0.15) is 35.1 Å². The maximum atomic E-state index is 7.13. The molecule has 236 valence electrons. The first-order valence-electron chi connectivity index (χ1n) is 17.5. The molecule has 0 N–H and O–H groups in total. The lowest BCUT2D eigenvalue weighted by Gasteiger charge is -2.41. The summed E-state index contributed by atoms with van der Waals surface area (Å²) in [4.78, 5) is 2.41. The van der Waals surface area contributed by atoms with Crippen molar-refractivity contribution in [2.24, 2.45) is 0 Å². The van der Waals surface area contributed by atoms with Gasteiger partial charge in [0.25, 0.3) is 0 Å². The summed E-state index contributed by atoms with van der Waals surface area (Å²) < 4.78 is 14.1. The second-order valence-electron chi connectivity index (χ2n) is 13.6. The highest BCUT2D eigenvalue weighted by atomic mass is 16.6. The second-order valence-corrected chi connectivity index (χ2v) is 13.6. The molecule has 1 heterocycles. The number of anilines is 1. The zero-order valence-corrected chi connectivity index (χ0v) is 27.3. The lowest BCUT2D eigenvalue weighted by Crippen LogP contribution is -2.46. The largest absolute Gasteiger partial charge is 0.478 e. The zero-order valence-electron chi connectivity index (χ0n) is 27.3. The van der Waals surface area contributed by atoms with Crippen molar-refractivity contribution in [1.82, 2.24) is 0 Å². The number of nitrogens with zero attached hydrogens (tertiary/aromatic N) is 1. The zero-order chi connectivity index (χ0) is 32.8. The summed E-state index contributed by atoms with van der Waals surface area (Å²) in [7, 11) is 0. The van der Waals surface area contributed by atoms with E-state index in [-0.39, 0.29) is 12.2 Å². The van der Waals surface area contributed by atoms with Gasteiger partial charge in [-0.3, -0.25) is 0 Å². The van der Waals surface area contributed by atoms with Gasteiger partial charge in [-0.25, -0.2) is 0 Å². The molecule has 2 atom stereocenters. The summed E-state index contributed by atoms with van der Waals surface area (Å²) >= 11 is 0. The quantitative estimate of drug-likeness (QED) is 0.192. The highest BCUT2D eigenvalue weighted by Crippen LogP contribution is 2.64. The number of fused-ring (bicyclic) bond motifs is 13. The minimum atomic E-state index is -0.474. The third-order valence-electron chi connectivity index (χ3n) is 11.1. The predicted molar refractivity (Wildman–Crippen MR) is 199 cm³/mol. The van der Waals surface area contributed by atoms with Crippen LogP contribution in [0.2, 0.25) is 0 Å². The maximum absolute atomic E-state index is 7.13. The van der Waals surface area contributed by atoms with E-state index in [4.69, 9.17) is 9.47 Å². The minimum absolute atomic E-state index is 0.291. The average molecular weight is 642 g/mol. The molecule has 0 radical (unpaired) electrons. The molecule has 0 saturated carbocycles. The van der Waals surface area contributed by atoms with Crippen LogP contribution < -0.4 is 14.4 Å². The monoisotopic (exact) mass is 641 g/mol. The summed E-state index contributed by atoms with van der Waals surface area (Å²) in [6, 6.07) is 48.3. The Bertz CT molecular complexity index is 2480. The van der Waals surface area contributed by atoms with Gasteiger partial charge < -0.3 is 14.4 Å². The Labute approximate surface area is 291 Å². The van der Waals surface area contributed by atoms with Gasteiger partial charge in [0.1, 0.15) is 0 Å². The van der Waals surface area contributed by atoms with Crippen molar-refractivity contribution < 1.29 is 9.47 Å². The first-order chi connectivity index (χ1) is 24.8. The Hall–Kier alpha value is -6.24. The highest BCUT2D eigenvalue weighted by molar-refractivity contribution is 5.97. The van der Waals surface area contributed by atoms with Gasteiger partial charge in [-0.15, -0.1) is 0 Å². The molecule has 3 heteroatoms. The molecule has 0 aromatic heterocycles. The SMILES string of the molecule is c1ccc2c(c#1)-c1cc3c(cc1C21c2ccccc2-c2ccccc21)O[C@@H]1C=CC=C(N(C2=CC=CCC2)c2cccc4ccccc24)C1O3. The Morgan fingerprint density at radius 1 is 0.680 bits per heavy atom. The Balaban J connectivity index is 1.08. The fourth-order valence-electron chi connectivity index (χ4n) is 9.12. The van der Waals surface area contributed by atoms with E-state index in [0.717, 1.165) is 46.9 Å². The van der Waals surface area contributed by atoms with Crippen molar-refractivity contribution in [3.63, 3.8) is 0 Å². The summed E-state index contributed by atoms with van der Waals surface area (Å²) in [5.74, 6) is 1.52. The van der Waals surface area contributed by atoms with E-state index < -0.39 is 5.41 Å². The molecule has 50 heavy (non-hydrogen) atoms. The average Bonchev–Trinajstić information content (AvgIpc) is 3.64. The fraction of sp³-hybridized carbons (Fsp3) is 0.106. The van der Waals surface area contributed by atoms with Crippen molar-refractivity contribution in [2.45, 2.75) is 30.5 Å². The van der Waals surface area contributed by atoms with Crippen LogP contribution in [-0.2, 0) is 5.41 Å². The van der Waals surface area contributed by atoms with Crippen molar-refractivity contribution in [1.29, 1.82) is 0 Å². The smallest absolute Gasteiger partial charge is 0.179 e. The van der Waals surface area contributed by atoms with E-state index in [2.05, 4.69) is 163 Å². The first kappa shape index (κ1) is 27.7. The van der Waals surface area contributed by atoms with Crippen molar-refractivity contribution >= 4 is 16.5 Å². The maximum Gasteiger partial charge on any atom is 0.179 e. The third-order valence-corrected chi connectivity index (χ3v) is 11.1. The van der Waals surface area contributed by atoms with E-state index >= 15 is 0 Å². The number of hydrogen-bond acceptors (Lipinski definition) is 3. The lowest BCUT2D eigenvalue weighted by molar-refractivity contribution is 0.0671. The summed E-state index contributed by atoms with van der Waals surface area (Å²) in [6.45, 7) is 0.